The highest BCUT2D eigenvalue weighted by molar-refractivity contribution is 7.91. The topological polar surface area (TPSA) is 205 Å². The SMILES string of the molecule is COCC(=O)N[C@H]1C[C@@H](C(=O)[O-])N(C(=O)CC(C)(C)CC(=O)N2C[C@@H](NS(=O)(=O)c3cccs3)C[C@H]2C(=O)[O-])C1. The van der Waals surface area contributed by atoms with Crippen molar-refractivity contribution in [2.45, 2.75) is 67.9 Å². The Balaban J connectivity index is 1.64. The molecule has 0 saturated carbocycles. The molecule has 0 radical (unpaired) electrons. The van der Waals surface area contributed by atoms with Crippen LogP contribution in [-0.4, -0.2) is 98.9 Å². The summed E-state index contributed by atoms with van der Waals surface area (Å²) in [6.07, 6.45) is -0.758. The third-order valence-corrected chi connectivity index (χ3v) is 9.69. The maximum Gasteiger partial charge on any atom is 0.250 e. The highest BCUT2D eigenvalue weighted by Gasteiger charge is 2.42. The number of rotatable bonds is 12. The van der Waals surface area contributed by atoms with E-state index < -0.39 is 69.3 Å². The summed E-state index contributed by atoms with van der Waals surface area (Å²) in [5.74, 6) is -4.66. The molecule has 1 aromatic heterocycles. The van der Waals surface area contributed by atoms with Crippen LogP contribution in [0.1, 0.15) is 39.5 Å². The Hall–Kier alpha value is -3.08. The van der Waals surface area contributed by atoms with Gasteiger partial charge in [-0.05, 0) is 29.7 Å². The summed E-state index contributed by atoms with van der Waals surface area (Å²) in [5, 5.41) is 27.7. The van der Waals surface area contributed by atoms with E-state index in [0.29, 0.717) is 0 Å². The fourth-order valence-corrected chi connectivity index (χ4v) is 7.29. The molecule has 0 spiro atoms. The minimum atomic E-state index is -3.91. The van der Waals surface area contributed by atoms with E-state index in [-0.39, 0.29) is 49.6 Å². The van der Waals surface area contributed by atoms with E-state index in [1.165, 1.54) is 13.2 Å². The number of carboxylic acid groups (broad SMARTS) is 2. The van der Waals surface area contributed by atoms with Crippen molar-refractivity contribution in [2.75, 3.05) is 26.8 Å². The fraction of sp³-hybridized carbons (Fsp3) is 0.625. The maximum atomic E-state index is 13.2. The van der Waals surface area contributed by atoms with Crippen molar-refractivity contribution in [2.24, 2.45) is 5.41 Å². The second-order valence-corrected chi connectivity index (χ2v) is 13.6. The molecule has 1 aromatic rings. The van der Waals surface area contributed by atoms with Crippen molar-refractivity contribution in [1.29, 1.82) is 0 Å². The normalized spacial score (nSPS) is 23.3. The van der Waals surface area contributed by atoms with Gasteiger partial charge in [-0.15, -0.1) is 11.3 Å². The van der Waals surface area contributed by atoms with E-state index in [4.69, 9.17) is 4.74 Å². The monoisotopic (exact) mass is 600 g/mol. The number of carbonyl (C=O) groups excluding carboxylic acids is 5. The summed E-state index contributed by atoms with van der Waals surface area (Å²) in [5.41, 5.74) is -1.02. The van der Waals surface area contributed by atoms with Gasteiger partial charge in [0.25, 0.3) is 0 Å². The quantitative estimate of drug-likeness (QED) is 0.249. The van der Waals surface area contributed by atoms with E-state index >= 15 is 0 Å². The Morgan fingerprint density at radius 2 is 1.52 bits per heavy atom. The van der Waals surface area contributed by atoms with Gasteiger partial charge < -0.3 is 39.7 Å². The molecule has 222 valence electrons. The lowest BCUT2D eigenvalue weighted by Gasteiger charge is -2.32. The molecule has 0 aliphatic carbocycles. The number of carbonyl (C=O) groups is 5. The smallest absolute Gasteiger partial charge is 0.250 e. The van der Waals surface area contributed by atoms with Gasteiger partial charge in [0.1, 0.15) is 10.8 Å². The van der Waals surface area contributed by atoms with Crippen LogP contribution < -0.4 is 20.3 Å². The van der Waals surface area contributed by atoms with Crippen LogP contribution in [0.2, 0.25) is 0 Å². The van der Waals surface area contributed by atoms with Gasteiger partial charge in [-0.3, -0.25) is 14.4 Å². The first-order chi connectivity index (χ1) is 18.6. The first-order valence-corrected chi connectivity index (χ1v) is 14.8. The minimum absolute atomic E-state index is 0.0489. The zero-order valence-corrected chi connectivity index (χ0v) is 23.9. The molecule has 3 heterocycles. The van der Waals surface area contributed by atoms with Crippen LogP contribution in [0.3, 0.4) is 0 Å². The summed E-state index contributed by atoms with van der Waals surface area (Å²) < 4.78 is 32.4. The van der Waals surface area contributed by atoms with E-state index in [2.05, 4.69) is 10.0 Å². The molecule has 2 fully saturated rings. The second-order valence-electron chi connectivity index (χ2n) is 10.7. The molecule has 40 heavy (non-hydrogen) atoms. The number of thiophene rings is 1. The Morgan fingerprint density at radius 3 is 2.00 bits per heavy atom. The number of aliphatic carboxylic acids is 2. The number of methoxy groups -OCH3 is 1. The number of nitrogens with zero attached hydrogens (tertiary/aromatic N) is 2. The molecule has 4 atom stereocenters. The van der Waals surface area contributed by atoms with Gasteiger partial charge in [0.05, 0.1) is 24.0 Å². The molecular formula is C24H32N4O10S2-2. The fourth-order valence-electron chi connectivity index (χ4n) is 5.04. The molecule has 2 saturated heterocycles. The highest BCUT2D eigenvalue weighted by Crippen LogP contribution is 2.31. The summed E-state index contributed by atoms with van der Waals surface area (Å²) in [6, 6.07) is -1.16. The number of carboxylic acids is 2. The zero-order valence-electron chi connectivity index (χ0n) is 22.3. The molecule has 0 bridgehead atoms. The van der Waals surface area contributed by atoms with Crippen molar-refractivity contribution in [1.82, 2.24) is 19.8 Å². The van der Waals surface area contributed by atoms with Crippen LogP contribution in [0.15, 0.2) is 21.7 Å². The first kappa shape index (κ1) is 31.4. The van der Waals surface area contributed by atoms with Crippen molar-refractivity contribution >= 4 is 51.0 Å². The Kier molecular flexibility index (Phi) is 9.92. The van der Waals surface area contributed by atoms with Gasteiger partial charge in [-0.1, -0.05) is 19.9 Å². The van der Waals surface area contributed by atoms with E-state index in [9.17, 15) is 42.6 Å². The summed E-state index contributed by atoms with van der Waals surface area (Å²) >= 11 is 0.996. The molecular weight excluding hydrogens is 568 g/mol. The molecule has 0 aromatic carbocycles. The van der Waals surface area contributed by atoms with Crippen molar-refractivity contribution in [3.8, 4) is 0 Å². The van der Waals surface area contributed by atoms with Crippen LogP contribution >= 0.6 is 11.3 Å². The number of amides is 3. The molecule has 0 unspecified atom stereocenters. The van der Waals surface area contributed by atoms with Gasteiger partial charge in [-0.25, -0.2) is 13.1 Å². The van der Waals surface area contributed by atoms with Gasteiger partial charge in [-0.2, -0.15) is 0 Å². The van der Waals surface area contributed by atoms with Crippen LogP contribution in [-0.2, 0) is 38.7 Å². The molecule has 16 heteroatoms. The van der Waals surface area contributed by atoms with Crippen molar-refractivity contribution in [3.63, 3.8) is 0 Å². The Bertz CT molecular complexity index is 1230. The lowest BCUT2D eigenvalue weighted by Crippen LogP contribution is -2.49. The zero-order chi connectivity index (χ0) is 29.8. The van der Waals surface area contributed by atoms with Crippen LogP contribution in [0.25, 0.3) is 0 Å². The number of ether oxygens (including phenoxy) is 1. The first-order valence-electron chi connectivity index (χ1n) is 12.5. The average molecular weight is 601 g/mol. The van der Waals surface area contributed by atoms with Crippen molar-refractivity contribution in [3.05, 3.63) is 17.5 Å². The predicted molar refractivity (Wildman–Crippen MR) is 136 cm³/mol. The number of hydrogen-bond donors (Lipinski definition) is 2. The summed E-state index contributed by atoms with van der Waals surface area (Å²) in [6.45, 7) is 2.71. The highest BCUT2D eigenvalue weighted by atomic mass is 32.2. The van der Waals surface area contributed by atoms with Gasteiger partial charge in [0, 0.05) is 45.1 Å². The second kappa shape index (κ2) is 12.6. The number of nitrogens with one attached hydrogen (secondary N) is 2. The Morgan fingerprint density at radius 1 is 1.00 bits per heavy atom. The van der Waals surface area contributed by atoms with Crippen molar-refractivity contribution < 1.29 is 47.3 Å². The lowest BCUT2D eigenvalue weighted by atomic mass is 9.84. The van der Waals surface area contributed by atoms with Crippen LogP contribution in [0, 0.1) is 5.41 Å². The van der Waals surface area contributed by atoms with E-state index in [1.54, 1.807) is 25.3 Å². The molecule has 14 nitrogen and oxygen atoms in total. The predicted octanol–water partition coefficient (Wildman–Crippen LogP) is -2.97. The largest absolute Gasteiger partial charge is 0.548 e. The van der Waals surface area contributed by atoms with E-state index in [1.807, 2.05) is 0 Å². The number of likely N-dealkylation sites (tertiary alicyclic amines) is 2. The molecule has 3 rings (SSSR count). The summed E-state index contributed by atoms with van der Waals surface area (Å²) in [7, 11) is -2.57. The molecule has 3 amide bonds. The number of sulfonamides is 1. The van der Waals surface area contributed by atoms with E-state index in [0.717, 1.165) is 21.1 Å². The third kappa shape index (κ3) is 7.77. The third-order valence-electron chi connectivity index (χ3n) is 6.77. The Labute approximate surface area is 235 Å². The number of hydrogen-bond acceptors (Lipinski definition) is 11. The maximum absolute atomic E-state index is 13.2. The van der Waals surface area contributed by atoms with Crippen LogP contribution in [0.5, 0.6) is 0 Å². The standard InChI is InChI=1S/C24H34N4O10S2/c1-24(2,9-19(30)27-11-14(7-16(27)22(32)33)25-18(29)13-38-3)10-20(31)28-12-15(8-17(28)23(34)35)26-40(36,37)21-5-4-6-39-21/h4-6,14-17,26H,7-13H2,1-3H3,(H,25,29)(H,32,33)(H,34,35)/p-2/t14-,15-,16-,17-/m0/s1. The van der Waals surface area contributed by atoms with Gasteiger partial charge in [0.15, 0.2) is 0 Å². The average Bonchev–Trinajstić information content (AvgIpc) is 3.58. The lowest BCUT2D eigenvalue weighted by molar-refractivity contribution is -0.311. The van der Waals surface area contributed by atoms with Gasteiger partial charge in [0.2, 0.25) is 27.7 Å². The molecule has 2 aliphatic rings. The minimum Gasteiger partial charge on any atom is -0.548 e. The van der Waals surface area contributed by atoms with Crippen LogP contribution in [0.4, 0.5) is 0 Å². The summed E-state index contributed by atoms with van der Waals surface area (Å²) in [4.78, 5) is 63.7. The molecule has 2 N–H and O–H groups in total. The van der Waals surface area contributed by atoms with Gasteiger partial charge >= 0.3 is 0 Å². The molecule has 2 aliphatic heterocycles.